The SMILES string of the molecule is CC(=O)N(CCNC(=O)c1cccc(C)c1)C1CCCCCC1. The minimum absolute atomic E-state index is 0.0712. The van der Waals surface area contributed by atoms with Crippen molar-refractivity contribution in [2.75, 3.05) is 13.1 Å². The van der Waals surface area contributed by atoms with Crippen molar-refractivity contribution in [3.8, 4) is 0 Å². The van der Waals surface area contributed by atoms with E-state index in [0.717, 1.165) is 18.4 Å². The maximum Gasteiger partial charge on any atom is 0.251 e. The molecule has 1 N–H and O–H groups in total. The molecule has 1 aliphatic rings. The Hall–Kier alpha value is -1.84. The molecule has 0 saturated heterocycles. The Morgan fingerprint density at radius 3 is 2.48 bits per heavy atom. The molecule has 0 radical (unpaired) electrons. The second-order valence-corrected chi connectivity index (χ2v) is 6.48. The molecule has 0 spiro atoms. The molecule has 1 aliphatic carbocycles. The van der Waals surface area contributed by atoms with E-state index in [1.165, 1.54) is 25.7 Å². The van der Waals surface area contributed by atoms with E-state index in [1.54, 1.807) is 6.92 Å². The van der Waals surface area contributed by atoms with Crippen LogP contribution < -0.4 is 5.32 Å². The Balaban J connectivity index is 1.86. The van der Waals surface area contributed by atoms with Gasteiger partial charge in [-0.1, -0.05) is 43.4 Å². The van der Waals surface area contributed by atoms with Crippen LogP contribution in [0.3, 0.4) is 0 Å². The number of aryl methyl sites for hydroxylation is 1. The Morgan fingerprint density at radius 2 is 1.87 bits per heavy atom. The van der Waals surface area contributed by atoms with Gasteiger partial charge in [-0.15, -0.1) is 0 Å². The van der Waals surface area contributed by atoms with Gasteiger partial charge in [0.05, 0.1) is 0 Å². The minimum atomic E-state index is -0.0712. The van der Waals surface area contributed by atoms with Crippen LogP contribution in [-0.2, 0) is 4.79 Å². The van der Waals surface area contributed by atoms with Gasteiger partial charge in [0.25, 0.3) is 5.91 Å². The van der Waals surface area contributed by atoms with E-state index in [9.17, 15) is 9.59 Å². The lowest BCUT2D eigenvalue weighted by atomic mass is 10.1. The first kappa shape index (κ1) is 17.5. The Kier molecular flexibility index (Phi) is 6.63. The van der Waals surface area contributed by atoms with Gasteiger partial charge in [0, 0.05) is 31.6 Å². The van der Waals surface area contributed by atoms with Crippen LogP contribution in [0.4, 0.5) is 0 Å². The highest BCUT2D eigenvalue weighted by molar-refractivity contribution is 5.94. The normalized spacial score (nSPS) is 15.7. The van der Waals surface area contributed by atoms with Crippen molar-refractivity contribution in [1.82, 2.24) is 10.2 Å². The molecule has 1 aromatic rings. The van der Waals surface area contributed by atoms with Crippen molar-refractivity contribution in [3.05, 3.63) is 35.4 Å². The van der Waals surface area contributed by atoms with E-state index in [0.29, 0.717) is 24.7 Å². The summed E-state index contributed by atoms with van der Waals surface area (Å²) in [5, 5.41) is 2.93. The van der Waals surface area contributed by atoms with E-state index < -0.39 is 0 Å². The molecule has 4 heteroatoms. The van der Waals surface area contributed by atoms with E-state index in [4.69, 9.17) is 0 Å². The number of rotatable bonds is 5. The fraction of sp³-hybridized carbons (Fsp3) is 0.579. The largest absolute Gasteiger partial charge is 0.350 e. The van der Waals surface area contributed by atoms with Crippen LogP contribution in [-0.4, -0.2) is 35.8 Å². The summed E-state index contributed by atoms with van der Waals surface area (Å²) < 4.78 is 0. The zero-order valence-electron chi connectivity index (χ0n) is 14.3. The second-order valence-electron chi connectivity index (χ2n) is 6.48. The van der Waals surface area contributed by atoms with Gasteiger partial charge in [0.2, 0.25) is 5.91 Å². The summed E-state index contributed by atoms with van der Waals surface area (Å²) in [5.41, 5.74) is 1.75. The van der Waals surface area contributed by atoms with Gasteiger partial charge in [-0.25, -0.2) is 0 Å². The van der Waals surface area contributed by atoms with E-state index in [2.05, 4.69) is 5.32 Å². The van der Waals surface area contributed by atoms with Crippen molar-refractivity contribution in [3.63, 3.8) is 0 Å². The maximum absolute atomic E-state index is 12.2. The van der Waals surface area contributed by atoms with Gasteiger partial charge >= 0.3 is 0 Å². The van der Waals surface area contributed by atoms with E-state index in [-0.39, 0.29) is 11.8 Å². The molecule has 1 fully saturated rings. The zero-order valence-corrected chi connectivity index (χ0v) is 14.3. The number of amides is 2. The van der Waals surface area contributed by atoms with Gasteiger partial charge in [0.1, 0.15) is 0 Å². The standard InChI is InChI=1S/C19H28N2O2/c1-15-8-7-9-17(14-15)19(23)20-12-13-21(16(2)22)18-10-5-3-4-6-11-18/h7-9,14,18H,3-6,10-13H2,1-2H3,(H,20,23). The lowest BCUT2D eigenvalue weighted by Gasteiger charge is -2.30. The first-order chi connectivity index (χ1) is 11.1. The predicted molar refractivity (Wildman–Crippen MR) is 92.4 cm³/mol. The molecule has 0 aliphatic heterocycles. The average Bonchev–Trinajstić information content (AvgIpc) is 2.80. The lowest BCUT2D eigenvalue weighted by Crippen LogP contribution is -2.43. The number of nitrogens with zero attached hydrogens (tertiary/aromatic N) is 1. The summed E-state index contributed by atoms with van der Waals surface area (Å²) in [5.74, 6) is 0.0415. The third-order valence-electron chi connectivity index (χ3n) is 4.59. The maximum atomic E-state index is 12.2. The molecule has 0 heterocycles. The third kappa shape index (κ3) is 5.38. The number of carbonyl (C=O) groups is 2. The Bertz CT molecular complexity index is 534. The minimum Gasteiger partial charge on any atom is -0.350 e. The molecule has 0 atom stereocenters. The van der Waals surface area contributed by atoms with Crippen molar-refractivity contribution in [2.45, 2.75) is 58.4 Å². The van der Waals surface area contributed by atoms with Crippen LogP contribution in [0, 0.1) is 6.92 Å². The van der Waals surface area contributed by atoms with E-state index in [1.807, 2.05) is 36.1 Å². The molecule has 1 aromatic carbocycles. The van der Waals surface area contributed by atoms with Crippen LogP contribution in [0.5, 0.6) is 0 Å². The molecular formula is C19H28N2O2. The molecule has 4 nitrogen and oxygen atoms in total. The average molecular weight is 316 g/mol. The van der Waals surface area contributed by atoms with Crippen LogP contribution in [0.15, 0.2) is 24.3 Å². The summed E-state index contributed by atoms with van der Waals surface area (Å²) in [6.45, 7) is 4.70. The van der Waals surface area contributed by atoms with Crippen molar-refractivity contribution < 1.29 is 9.59 Å². The highest BCUT2D eigenvalue weighted by atomic mass is 16.2. The van der Waals surface area contributed by atoms with Crippen molar-refractivity contribution in [1.29, 1.82) is 0 Å². The van der Waals surface area contributed by atoms with Crippen LogP contribution in [0.1, 0.15) is 61.4 Å². The highest BCUT2D eigenvalue weighted by Crippen LogP contribution is 2.21. The van der Waals surface area contributed by atoms with Gasteiger partial charge < -0.3 is 10.2 Å². The predicted octanol–water partition coefficient (Wildman–Crippen LogP) is 3.30. The molecule has 23 heavy (non-hydrogen) atoms. The summed E-state index contributed by atoms with van der Waals surface area (Å²) in [6.07, 6.45) is 7.11. The second kappa shape index (κ2) is 8.70. The fourth-order valence-electron chi connectivity index (χ4n) is 3.34. The Morgan fingerprint density at radius 1 is 1.17 bits per heavy atom. The molecule has 2 amide bonds. The highest BCUT2D eigenvalue weighted by Gasteiger charge is 2.22. The molecule has 0 bridgehead atoms. The summed E-state index contributed by atoms with van der Waals surface area (Å²) in [7, 11) is 0. The number of carbonyl (C=O) groups excluding carboxylic acids is 2. The fourth-order valence-corrected chi connectivity index (χ4v) is 3.34. The molecule has 126 valence electrons. The summed E-state index contributed by atoms with van der Waals surface area (Å²) >= 11 is 0. The number of hydrogen-bond acceptors (Lipinski definition) is 2. The van der Waals surface area contributed by atoms with Crippen molar-refractivity contribution >= 4 is 11.8 Å². The van der Waals surface area contributed by atoms with Gasteiger partial charge in [-0.2, -0.15) is 0 Å². The third-order valence-corrected chi connectivity index (χ3v) is 4.59. The zero-order chi connectivity index (χ0) is 16.7. The molecule has 1 saturated carbocycles. The smallest absolute Gasteiger partial charge is 0.251 e. The molecular weight excluding hydrogens is 288 g/mol. The Labute approximate surface area is 139 Å². The van der Waals surface area contributed by atoms with Crippen LogP contribution in [0.2, 0.25) is 0 Å². The number of benzene rings is 1. The van der Waals surface area contributed by atoms with Crippen LogP contribution >= 0.6 is 0 Å². The van der Waals surface area contributed by atoms with Crippen LogP contribution in [0.25, 0.3) is 0 Å². The summed E-state index contributed by atoms with van der Waals surface area (Å²) in [4.78, 5) is 26.1. The van der Waals surface area contributed by atoms with Crippen molar-refractivity contribution in [2.24, 2.45) is 0 Å². The number of hydrogen-bond donors (Lipinski definition) is 1. The first-order valence-electron chi connectivity index (χ1n) is 8.70. The van der Waals surface area contributed by atoms with E-state index >= 15 is 0 Å². The van der Waals surface area contributed by atoms with Gasteiger partial charge in [-0.3, -0.25) is 9.59 Å². The molecule has 0 aromatic heterocycles. The first-order valence-corrected chi connectivity index (χ1v) is 8.70. The summed E-state index contributed by atoms with van der Waals surface area (Å²) in [6, 6.07) is 7.89. The topological polar surface area (TPSA) is 49.4 Å². The quantitative estimate of drug-likeness (QED) is 0.847. The van der Waals surface area contributed by atoms with Gasteiger partial charge in [0.15, 0.2) is 0 Å². The number of nitrogens with one attached hydrogen (secondary N) is 1. The van der Waals surface area contributed by atoms with Gasteiger partial charge in [-0.05, 0) is 31.9 Å². The lowest BCUT2D eigenvalue weighted by molar-refractivity contribution is -0.131. The molecule has 2 rings (SSSR count). The monoisotopic (exact) mass is 316 g/mol. The molecule has 0 unspecified atom stereocenters.